The zero-order valence-electron chi connectivity index (χ0n) is 15.3. The largest absolute Gasteiger partial charge is 2.00 e. The van der Waals surface area contributed by atoms with Gasteiger partial charge in [-0.3, -0.25) is 0 Å². The summed E-state index contributed by atoms with van der Waals surface area (Å²) in [5.41, 5.74) is 5.75. The Morgan fingerprint density at radius 3 is 1.78 bits per heavy atom. The molecule has 1 radical (unpaired) electrons. The topological polar surface area (TPSA) is 14.1 Å². The zero-order chi connectivity index (χ0) is 16.5. The van der Waals surface area contributed by atoms with E-state index < -0.39 is 0 Å². The first-order valence-electron chi connectivity index (χ1n) is 8.11. The van der Waals surface area contributed by atoms with Gasteiger partial charge in [0.25, 0.3) is 0 Å². The van der Waals surface area contributed by atoms with Crippen LogP contribution < -0.4 is 5.19 Å². The number of rotatable bonds is 1. The monoisotopic (exact) mass is 360 g/mol. The molecule has 1 fully saturated rings. The van der Waals surface area contributed by atoms with Gasteiger partial charge in [-0.2, -0.15) is 35.4 Å². The Bertz CT molecular complexity index is 519. The van der Waals surface area contributed by atoms with Crippen molar-refractivity contribution in [2.45, 2.75) is 53.0 Å². The first kappa shape index (κ1) is 22.5. The third-order valence-corrected chi connectivity index (χ3v) is 4.93. The molecule has 0 saturated heterocycles. The van der Waals surface area contributed by atoms with Crippen molar-refractivity contribution in [3.05, 3.63) is 64.0 Å². The Morgan fingerprint density at radius 2 is 1.65 bits per heavy atom. The number of benzene rings is 1. The number of hydrogen-bond donors (Lipinski definition) is 0. The third-order valence-electron chi connectivity index (χ3n) is 4.46. The molecule has 0 unspecified atom stereocenters. The molecule has 0 aliphatic heterocycles. The molecule has 0 atom stereocenters. The van der Waals surface area contributed by atoms with Gasteiger partial charge < -0.3 is 5.32 Å². The molecule has 0 aromatic heterocycles. The van der Waals surface area contributed by atoms with Crippen molar-refractivity contribution in [1.82, 2.24) is 0 Å². The van der Waals surface area contributed by atoms with Gasteiger partial charge in [-0.25, -0.2) is 0 Å². The second-order valence-electron chi connectivity index (χ2n) is 6.09. The first-order valence-corrected chi connectivity index (χ1v) is 8.82. The molecule has 2 aromatic rings. The molecular weight excluding hydrogens is 330 g/mol. The fourth-order valence-electron chi connectivity index (χ4n) is 2.26. The molecule has 123 valence electrons. The van der Waals surface area contributed by atoms with E-state index in [2.05, 4.69) is 51.2 Å². The molecular formula is C20H30NSiTi. The molecule has 0 heterocycles. The molecule has 0 bridgehead atoms. The van der Waals surface area contributed by atoms with Gasteiger partial charge in [0.2, 0.25) is 0 Å². The molecule has 0 spiro atoms. The van der Waals surface area contributed by atoms with Crippen LogP contribution in [-0.4, -0.2) is 23.3 Å². The van der Waals surface area contributed by atoms with Crippen LogP contribution in [0.1, 0.15) is 41.5 Å². The molecule has 0 N–H and O–H groups in total. The Labute approximate surface area is 160 Å². The van der Waals surface area contributed by atoms with E-state index >= 15 is 0 Å². The second kappa shape index (κ2) is 11.9. The minimum atomic E-state index is 0. The number of hydrogen-bond acceptors (Lipinski definition) is 0. The van der Waals surface area contributed by atoms with Crippen LogP contribution in [0.25, 0.3) is 5.32 Å². The number of nitrogens with zero attached hydrogens (tertiary/aromatic N) is 1. The van der Waals surface area contributed by atoms with E-state index in [9.17, 15) is 0 Å². The van der Waals surface area contributed by atoms with Crippen molar-refractivity contribution in [3.8, 4) is 0 Å². The van der Waals surface area contributed by atoms with Gasteiger partial charge in [0.1, 0.15) is 0 Å². The summed E-state index contributed by atoms with van der Waals surface area (Å²) in [5, 5.41) is 5.44. The molecule has 1 aliphatic rings. The molecule has 1 nitrogen and oxygen atoms in total. The van der Waals surface area contributed by atoms with Gasteiger partial charge >= 0.3 is 21.7 Å². The summed E-state index contributed by atoms with van der Waals surface area (Å²) < 4.78 is 0. The standard InChI is InChI=1S/C9H13.C6H7Si.C5H10N.Ti/c1-6-5-7(2)9(4)8(6)3;7-6-4-2-1-3-5-6;1-6-5-3-2-4-5;/h5H,1-4H3;1-5H,7H2;5H,2-4H2,1H3;/q-1;;-1;+2. The van der Waals surface area contributed by atoms with Crippen molar-refractivity contribution < 1.29 is 21.7 Å². The van der Waals surface area contributed by atoms with E-state index in [-0.39, 0.29) is 21.7 Å². The van der Waals surface area contributed by atoms with Crippen molar-refractivity contribution in [1.29, 1.82) is 0 Å². The summed E-state index contributed by atoms with van der Waals surface area (Å²) in [7, 11) is 3.81. The molecule has 1 aliphatic carbocycles. The van der Waals surface area contributed by atoms with Crippen LogP contribution in [-0.2, 0) is 21.7 Å². The Morgan fingerprint density at radius 1 is 1.09 bits per heavy atom. The van der Waals surface area contributed by atoms with Gasteiger partial charge in [-0.05, 0) is 0 Å². The average molecular weight is 360 g/mol. The Hall–Kier alpha value is -0.539. The molecule has 23 heavy (non-hydrogen) atoms. The summed E-state index contributed by atoms with van der Waals surface area (Å²) >= 11 is 0. The predicted octanol–water partition coefficient (Wildman–Crippen LogP) is 4.12. The van der Waals surface area contributed by atoms with Gasteiger partial charge in [-0.1, -0.05) is 82.5 Å². The van der Waals surface area contributed by atoms with Crippen LogP contribution in [0.4, 0.5) is 0 Å². The van der Waals surface area contributed by atoms with E-state index in [1.165, 1.54) is 46.7 Å². The maximum atomic E-state index is 4.09. The molecule has 3 heteroatoms. The Kier molecular flexibility index (Phi) is 11.6. The fraction of sp³-hybridized carbons (Fsp3) is 0.450. The molecule has 1 saturated carbocycles. The summed E-state index contributed by atoms with van der Waals surface area (Å²) in [6.07, 6.45) is 4.09. The van der Waals surface area contributed by atoms with E-state index in [4.69, 9.17) is 0 Å². The molecule has 0 amide bonds. The summed E-state index contributed by atoms with van der Waals surface area (Å²) in [6.45, 7) is 8.68. The Balaban J connectivity index is 0.000000315. The molecule has 3 rings (SSSR count). The second-order valence-corrected chi connectivity index (χ2v) is 6.91. The van der Waals surface area contributed by atoms with Crippen molar-refractivity contribution in [2.24, 2.45) is 0 Å². The van der Waals surface area contributed by atoms with Gasteiger partial charge in [0.05, 0.1) is 0 Å². The SMILES string of the molecule is C[N-]C1CCC1.Cc1c[c-](C)c(C)c1C.[SiH2]c1ccccc1.[Ti+2]. The van der Waals surface area contributed by atoms with Gasteiger partial charge in [0.15, 0.2) is 0 Å². The van der Waals surface area contributed by atoms with Crippen molar-refractivity contribution in [3.63, 3.8) is 0 Å². The summed E-state index contributed by atoms with van der Waals surface area (Å²) in [6, 6.07) is 13.3. The summed E-state index contributed by atoms with van der Waals surface area (Å²) in [5.74, 6) is 0. The van der Waals surface area contributed by atoms with E-state index in [0.717, 1.165) is 6.04 Å². The normalized spacial score (nSPS) is 12.8. The van der Waals surface area contributed by atoms with Crippen LogP contribution >= 0.6 is 0 Å². The minimum absolute atomic E-state index is 0. The van der Waals surface area contributed by atoms with E-state index in [1.54, 1.807) is 0 Å². The number of aryl methyl sites for hydroxylation is 2. The van der Waals surface area contributed by atoms with Gasteiger partial charge in [0, 0.05) is 10.2 Å². The summed E-state index contributed by atoms with van der Waals surface area (Å²) in [4.78, 5) is 0. The average Bonchev–Trinajstić information content (AvgIpc) is 2.67. The van der Waals surface area contributed by atoms with E-state index in [0.29, 0.717) is 0 Å². The first-order chi connectivity index (χ1) is 10.5. The van der Waals surface area contributed by atoms with Crippen LogP contribution in [0.2, 0.25) is 0 Å². The fourth-order valence-corrected chi connectivity index (χ4v) is 2.53. The van der Waals surface area contributed by atoms with Crippen LogP contribution in [0.15, 0.2) is 36.4 Å². The minimum Gasteiger partial charge on any atom is -0.662 e. The van der Waals surface area contributed by atoms with Gasteiger partial charge in [-0.15, -0.1) is 6.04 Å². The quantitative estimate of drug-likeness (QED) is 0.536. The van der Waals surface area contributed by atoms with Crippen LogP contribution in [0.5, 0.6) is 0 Å². The van der Waals surface area contributed by atoms with Crippen molar-refractivity contribution >= 4 is 15.4 Å². The van der Waals surface area contributed by atoms with Crippen molar-refractivity contribution in [2.75, 3.05) is 7.05 Å². The maximum absolute atomic E-state index is 4.09. The van der Waals surface area contributed by atoms with E-state index in [1.807, 2.05) is 35.5 Å². The smallest absolute Gasteiger partial charge is 0.662 e. The molecule has 2 aromatic carbocycles. The zero-order valence-corrected chi connectivity index (χ0v) is 18.3. The third kappa shape index (κ3) is 8.21. The predicted molar refractivity (Wildman–Crippen MR) is 103 cm³/mol. The maximum Gasteiger partial charge on any atom is 2.00 e. The van der Waals surface area contributed by atoms with Crippen LogP contribution in [0, 0.1) is 27.7 Å². The van der Waals surface area contributed by atoms with Crippen LogP contribution in [0.3, 0.4) is 0 Å².